The monoisotopic (exact) mass is 398 g/mol. The van der Waals surface area contributed by atoms with E-state index in [1.807, 2.05) is 0 Å². The third kappa shape index (κ3) is 4.10. The van der Waals surface area contributed by atoms with Crippen molar-refractivity contribution in [3.63, 3.8) is 0 Å². The van der Waals surface area contributed by atoms with Gasteiger partial charge in [-0.1, -0.05) is 0 Å². The van der Waals surface area contributed by atoms with Gasteiger partial charge in [0, 0.05) is 24.4 Å². The molecule has 0 saturated carbocycles. The van der Waals surface area contributed by atoms with E-state index in [1.54, 1.807) is 6.07 Å². The Kier molecular flexibility index (Phi) is 5.35. The number of fused-ring (bicyclic) bond motifs is 1. The fraction of sp³-hybridized carbons (Fsp3) is 0.158. The Labute approximate surface area is 165 Å². The molecule has 0 aliphatic carbocycles. The van der Waals surface area contributed by atoms with Gasteiger partial charge in [-0.2, -0.15) is 4.98 Å². The van der Waals surface area contributed by atoms with Crippen LogP contribution in [0.2, 0.25) is 0 Å². The standard InChI is InChI=1S/C19H18N4O6/c1-9(24)28-16-14(26-2)7-11(8-15(16)27-3)29-18(25)10-4-5-13-12(6-10)17(20)23-19(21)22-13/h4-8H,1-3H3,(H4,20,21,22,23). The highest BCUT2D eigenvalue weighted by Crippen LogP contribution is 2.41. The molecule has 0 bridgehead atoms. The van der Waals surface area contributed by atoms with Crippen molar-refractivity contribution < 1.29 is 28.5 Å². The number of aromatic nitrogens is 2. The minimum Gasteiger partial charge on any atom is -0.493 e. The minimum absolute atomic E-state index is 0.0392. The quantitative estimate of drug-likeness (QED) is 0.482. The largest absolute Gasteiger partial charge is 0.493 e. The topological polar surface area (TPSA) is 149 Å². The van der Waals surface area contributed by atoms with E-state index in [0.29, 0.717) is 10.9 Å². The predicted molar refractivity (Wildman–Crippen MR) is 104 cm³/mol. The number of anilines is 2. The second kappa shape index (κ2) is 7.89. The van der Waals surface area contributed by atoms with E-state index in [1.165, 1.54) is 45.4 Å². The average molecular weight is 398 g/mol. The van der Waals surface area contributed by atoms with Gasteiger partial charge in [-0.25, -0.2) is 9.78 Å². The van der Waals surface area contributed by atoms with Crippen LogP contribution in [0.5, 0.6) is 23.0 Å². The van der Waals surface area contributed by atoms with Crippen LogP contribution in [0.3, 0.4) is 0 Å². The Hall–Kier alpha value is -4.08. The van der Waals surface area contributed by atoms with Gasteiger partial charge in [0.05, 0.1) is 25.3 Å². The molecule has 3 aromatic rings. The molecule has 0 radical (unpaired) electrons. The lowest BCUT2D eigenvalue weighted by Crippen LogP contribution is -2.10. The predicted octanol–water partition coefficient (Wildman–Crippen LogP) is 1.96. The third-order valence-electron chi connectivity index (χ3n) is 3.87. The number of methoxy groups -OCH3 is 2. The molecule has 29 heavy (non-hydrogen) atoms. The Morgan fingerprint density at radius 3 is 2.17 bits per heavy atom. The molecule has 0 fully saturated rings. The van der Waals surface area contributed by atoms with Crippen molar-refractivity contribution in [2.75, 3.05) is 25.7 Å². The summed E-state index contributed by atoms with van der Waals surface area (Å²) in [7, 11) is 2.76. The molecule has 0 atom stereocenters. The Morgan fingerprint density at radius 1 is 0.931 bits per heavy atom. The molecule has 1 heterocycles. The van der Waals surface area contributed by atoms with Crippen molar-refractivity contribution in [3.8, 4) is 23.0 Å². The lowest BCUT2D eigenvalue weighted by atomic mass is 10.1. The van der Waals surface area contributed by atoms with Crippen LogP contribution in [0, 0.1) is 0 Å². The number of hydrogen-bond donors (Lipinski definition) is 2. The summed E-state index contributed by atoms with van der Waals surface area (Å²) >= 11 is 0. The van der Waals surface area contributed by atoms with Crippen LogP contribution in [0.25, 0.3) is 10.9 Å². The number of nitrogens with two attached hydrogens (primary N) is 2. The van der Waals surface area contributed by atoms with Gasteiger partial charge >= 0.3 is 11.9 Å². The summed E-state index contributed by atoms with van der Waals surface area (Å²) in [5, 5.41) is 0.467. The van der Waals surface area contributed by atoms with E-state index in [2.05, 4.69) is 9.97 Å². The van der Waals surface area contributed by atoms with Crippen LogP contribution in [0.1, 0.15) is 17.3 Å². The van der Waals surface area contributed by atoms with Crippen LogP contribution in [0.15, 0.2) is 30.3 Å². The first-order chi connectivity index (χ1) is 13.8. The fourth-order valence-electron chi connectivity index (χ4n) is 2.62. The molecule has 0 saturated heterocycles. The molecule has 0 spiro atoms. The van der Waals surface area contributed by atoms with E-state index >= 15 is 0 Å². The zero-order valence-corrected chi connectivity index (χ0v) is 15.9. The Balaban J connectivity index is 1.94. The van der Waals surface area contributed by atoms with Gasteiger partial charge in [0.25, 0.3) is 0 Å². The first-order valence-electron chi connectivity index (χ1n) is 8.31. The molecule has 4 N–H and O–H groups in total. The maximum atomic E-state index is 12.6. The molecule has 150 valence electrons. The van der Waals surface area contributed by atoms with E-state index in [9.17, 15) is 9.59 Å². The molecule has 0 aliphatic heterocycles. The SMILES string of the molecule is COc1cc(OC(=O)c2ccc3nc(N)nc(N)c3c2)cc(OC)c1OC(C)=O. The fourth-order valence-corrected chi connectivity index (χ4v) is 2.62. The summed E-state index contributed by atoms with van der Waals surface area (Å²) in [4.78, 5) is 31.9. The number of ether oxygens (including phenoxy) is 4. The van der Waals surface area contributed by atoms with Crippen molar-refractivity contribution in [2.24, 2.45) is 0 Å². The van der Waals surface area contributed by atoms with Gasteiger partial charge in [0.2, 0.25) is 11.7 Å². The van der Waals surface area contributed by atoms with Crippen LogP contribution < -0.4 is 30.4 Å². The second-order valence-electron chi connectivity index (χ2n) is 5.84. The summed E-state index contributed by atoms with van der Waals surface area (Å²) in [5.74, 6) is -0.497. The van der Waals surface area contributed by atoms with Gasteiger partial charge in [0.1, 0.15) is 11.6 Å². The summed E-state index contributed by atoms with van der Waals surface area (Å²) in [6, 6.07) is 7.42. The Bertz CT molecular complexity index is 1090. The lowest BCUT2D eigenvalue weighted by molar-refractivity contribution is -0.132. The first kappa shape index (κ1) is 19.7. The van der Waals surface area contributed by atoms with E-state index in [4.69, 9.17) is 30.4 Å². The number of esters is 2. The number of hydrogen-bond acceptors (Lipinski definition) is 10. The average Bonchev–Trinajstić information content (AvgIpc) is 2.67. The normalized spacial score (nSPS) is 10.4. The third-order valence-corrected chi connectivity index (χ3v) is 3.87. The highest BCUT2D eigenvalue weighted by atomic mass is 16.6. The van der Waals surface area contributed by atoms with Gasteiger partial charge in [0.15, 0.2) is 11.5 Å². The van der Waals surface area contributed by atoms with Crippen molar-refractivity contribution in [3.05, 3.63) is 35.9 Å². The van der Waals surface area contributed by atoms with Crippen molar-refractivity contribution in [2.45, 2.75) is 6.92 Å². The lowest BCUT2D eigenvalue weighted by Gasteiger charge is -2.14. The highest BCUT2D eigenvalue weighted by molar-refractivity contribution is 5.98. The van der Waals surface area contributed by atoms with Crippen LogP contribution in [0.4, 0.5) is 11.8 Å². The summed E-state index contributed by atoms with van der Waals surface area (Å²) in [6.07, 6.45) is 0. The molecule has 1 aromatic heterocycles. The molecule has 2 aromatic carbocycles. The molecular weight excluding hydrogens is 380 g/mol. The summed E-state index contributed by atoms with van der Waals surface area (Å²) in [5.41, 5.74) is 12.1. The maximum absolute atomic E-state index is 12.6. The maximum Gasteiger partial charge on any atom is 0.343 e. The summed E-state index contributed by atoms with van der Waals surface area (Å²) in [6.45, 7) is 1.25. The van der Waals surface area contributed by atoms with E-state index in [0.717, 1.165) is 0 Å². The van der Waals surface area contributed by atoms with Gasteiger partial charge in [-0.3, -0.25) is 4.79 Å². The number of nitrogen functional groups attached to an aromatic ring is 2. The molecule has 0 unspecified atom stereocenters. The summed E-state index contributed by atoms with van der Waals surface area (Å²) < 4.78 is 20.9. The zero-order valence-electron chi connectivity index (χ0n) is 15.9. The van der Waals surface area contributed by atoms with Gasteiger partial charge in [-0.05, 0) is 18.2 Å². The smallest absolute Gasteiger partial charge is 0.343 e. The van der Waals surface area contributed by atoms with Gasteiger partial charge < -0.3 is 30.4 Å². The second-order valence-corrected chi connectivity index (χ2v) is 5.84. The zero-order chi connectivity index (χ0) is 21.1. The molecule has 3 rings (SSSR count). The van der Waals surface area contributed by atoms with E-state index in [-0.39, 0.29) is 40.3 Å². The minimum atomic E-state index is -0.660. The van der Waals surface area contributed by atoms with Gasteiger partial charge in [-0.15, -0.1) is 0 Å². The van der Waals surface area contributed by atoms with E-state index < -0.39 is 11.9 Å². The van der Waals surface area contributed by atoms with Crippen molar-refractivity contribution >= 4 is 34.6 Å². The number of rotatable bonds is 5. The molecule has 0 aliphatic rings. The van der Waals surface area contributed by atoms with Crippen LogP contribution in [-0.4, -0.2) is 36.1 Å². The number of nitrogens with zero attached hydrogens (tertiary/aromatic N) is 2. The van der Waals surface area contributed by atoms with Crippen LogP contribution in [-0.2, 0) is 4.79 Å². The molecule has 10 heteroatoms. The van der Waals surface area contributed by atoms with Crippen LogP contribution >= 0.6 is 0 Å². The molecule has 0 amide bonds. The number of benzene rings is 2. The Morgan fingerprint density at radius 2 is 1.59 bits per heavy atom. The number of carbonyl (C=O) groups excluding carboxylic acids is 2. The number of carbonyl (C=O) groups is 2. The van der Waals surface area contributed by atoms with Crippen molar-refractivity contribution in [1.29, 1.82) is 0 Å². The highest BCUT2D eigenvalue weighted by Gasteiger charge is 2.19. The first-order valence-corrected chi connectivity index (χ1v) is 8.31. The van der Waals surface area contributed by atoms with Crippen molar-refractivity contribution in [1.82, 2.24) is 9.97 Å². The molecule has 10 nitrogen and oxygen atoms in total. The molecular formula is C19H18N4O6.